The van der Waals surface area contributed by atoms with Gasteiger partial charge in [-0.1, -0.05) is 42.5 Å². The molecule has 5 N–H and O–H groups in total. The van der Waals surface area contributed by atoms with Crippen LogP contribution in [0.2, 0.25) is 0 Å². The van der Waals surface area contributed by atoms with Crippen LogP contribution >= 0.6 is 0 Å². The lowest BCUT2D eigenvalue weighted by Gasteiger charge is -2.24. The van der Waals surface area contributed by atoms with Gasteiger partial charge in [0.1, 0.15) is 6.04 Å². The highest BCUT2D eigenvalue weighted by Crippen LogP contribution is 2.19. The Morgan fingerprint density at radius 3 is 2.20 bits per heavy atom. The number of benzene rings is 2. The molecule has 3 amide bonds. The van der Waals surface area contributed by atoms with Gasteiger partial charge in [-0.25, -0.2) is 5.48 Å². The molecule has 2 atom stereocenters. The Balaban J connectivity index is 1.62. The van der Waals surface area contributed by atoms with E-state index in [1.165, 1.54) is 0 Å². The second-order valence-electron chi connectivity index (χ2n) is 7.38. The highest BCUT2D eigenvalue weighted by Gasteiger charge is 2.29. The van der Waals surface area contributed by atoms with Gasteiger partial charge >= 0.3 is 0 Å². The molecule has 1 aliphatic rings. The molecular formula is C22H26N4O4. The summed E-state index contributed by atoms with van der Waals surface area (Å²) in [5.41, 5.74) is 3.89. The van der Waals surface area contributed by atoms with Crippen molar-refractivity contribution in [1.29, 1.82) is 0 Å². The Kier molecular flexibility index (Phi) is 7.16. The molecule has 30 heavy (non-hydrogen) atoms. The first-order chi connectivity index (χ1) is 14.5. The minimum atomic E-state index is -1.14. The fraction of sp³-hybridized carbons (Fsp3) is 0.318. The van der Waals surface area contributed by atoms with Gasteiger partial charge in [-0.2, -0.15) is 0 Å². The van der Waals surface area contributed by atoms with Crippen LogP contribution in [-0.2, 0) is 9.59 Å². The zero-order valence-corrected chi connectivity index (χ0v) is 16.7. The van der Waals surface area contributed by atoms with Crippen LogP contribution in [0.25, 0.3) is 11.1 Å². The third-order valence-electron chi connectivity index (χ3n) is 4.95. The van der Waals surface area contributed by atoms with Gasteiger partial charge in [0.2, 0.25) is 5.91 Å². The second-order valence-corrected chi connectivity index (χ2v) is 7.38. The molecule has 0 unspecified atom stereocenters. The van der Waals surface area contributed by atoms with Crippen molar-refractivity contribution in [3.8, 4) is 11.1 Å². The summed E-state index contributed by atoms with van der Waals surface area (Å²) in [6, 6.07) is 15.2. The fourth-order valence-corrected chi connectivity index (χ4v) is 3.07. The number of rotatable bonds is 9. The van der Waals surface area contributed by atoms with Crippen molar-refractivity contribution in [1.82, 2.24) is 21.4 Å². The van der Waals surface area contributed by atoms with E-state index in [0.29, 0.717) is 11.6 Å². The van der Waals surface area contributed by atoms with Crippen LogP contribution in [0.15, 0.2) is 54.6 Å². The Bertz CT molecular complexity index is 882. The maximum Gasteiger partial charge on any atom is 0.268 e. The third kappa shape index (κ3) is 5.88. The number of carbonyl (C=O) groups excluding carboxylic acids is 3. The molecule has 0 bridgehead atoms. The lowest BCUT2D eigenvalue weighted by Crippen LogP contribution is -2.58. The molecule has 0 aromatic heterocycles. The van der Waals surface area contributed by atoms with Crippen molar-refractivity contribution in [3.05, 3.63) is 60.2 Å². The second kappa shape index (κ2) is 10.00. The number of amides is 3. The molecule has 1 fully saturated rings. The van der Waals surface area contributed by atoms with Crippen LogP contribution in [0.4, 0.5) is 0 Å². The third-order valence-corrected chi connectivity index (χ3v) is 4.95. The normalized spacial score (nSPS) is 15.0. The van der Waals surface area contributed by atoms with Gasteiger partial charge in [0.15, 0.2) is 0 Å². The Morgan fingerprint density at radius 2 is 1.60 bits per heavy atom. The fourth-order valence-electron chi connectivity index (χ4n) is 3.07. The minimum Gasteiger partial charge on any atom is -0.350 e. The number of hydrogen-bond acceptors (Lipinski definition) is 5. The van der Waals surface area contributed by atoms with Crippen LogP contribution in [0.5, 0.6) is 0 Å². The first-order valence-electron chi connectivity index (χ1n) is 9.91. The smallest absolute Gasteiger partial charge is 0.268 e. The number of hydroxylamine groups is 1. The monoisotopic (exact) mass is 410 g/mol. The summed E-state index contributed by atoms with van der Waals surface area (Å²) in [7, 11) is 0. The summed E-state index contributed by atoms with van der Waals surface area (Å²) in [6.45, 7) is 1.73. The van der Waals surface area contributed by atoms with Crippen molar-refractivity contribution in [3.63, 3.8) is 0 Å². The van der Waals surface area contributed by atoms with Crippen LogP contribution in [0, 0.1) is 0 Å². The van der Waals surface area contributed by atoms with Gasteiger partial charge in [-0.15, -0.1) is 0 Å². The molecule has 0 aliphatic heterocycles. The number of carbonyl (C=O) groups is 3. The van der Waals surface area contributed by atoms with E-state index in [-0.39, 0.29) is 12.5 Å². The molecule has 8 heteroatoms. The van der Waals surface area contributed by atoms with Gasteiger partial charge in [0.25, 0.3) is 11.8 Å². The summed E-state index contributed by atoms with van der Waals surface area (Å²) in [6.07, 6.45) is 2.11. The maximum absolute atomic E-state index is 12.6. The van der Waals surface area contributed by atoms with Crippen LogP contribution in [0.1, 0.15) is 30.1 Å². The Labute approximate surface area is 175 Å². The van der Waals surface area contributed by atoms with Crippen LogP contribution in [-0.4, -0.2) is 47.6 Å². The maximum atomic E-state index is 12.6. The lowest BCUT2D eigenvalue weighted by atomic mass is 10.0. The summed E-state index contributed by atoms with van der Waals surface area (Å²) in [5.74, 6) is -1.58. The van der Waals surface area contributed by atoms with Crippen molar-refractivity contribution in [2.24, 2.45) is 0 Å². The van der Waals surface area contributed by atoms with E-state index in [4.69, 9.17) is 5.21 Å². The Hall–Kier alpha value is -3.23. The zero-order chi connectivity index (χ0) is 21.5. The summed E-state index contributed by atoms with van der Waals surface area (Å²) in [4.78, 5) is 36.8. The zero-order valence-electron chi connectivity index (χ0n) is 16.7. The molecule has 0 heterocycles. The molecule has 0 spiro atoms. The Morgan fingerprint density at radius 1 is 0.967 bits per heavy atom. The van der Waals surface area contributed by atoms with Gasteiger partial charge in [0, 0.05) is 11.6 Å². The predicted molar refractivity (Wildman–Crippen MR) is 112 cm³/mol. The topological polar surface area (TPSA) is 120 Å². The van der Waals surface area contributed by atoms with Crippen molar-refractivity contribution >= 4 is 17.7 Å². The average molecular weight is 410 g/mol. The lowest BCUT2D eigenvalue weighted by molar-refractivity contribution is -0.132. The molecular weight excluding hydrogens is 384 g/mol. The minimum absolute atomic E-state index is 0.136. The predicted octanol–water partition coefficient (Wildman–Crippen LogP) is 1.21. The number of hydrogen-bond donors (Lipinski definition) is 5. The van der Waals surface area contributed by atoms with Crippen molar-refractivity contribution < 1.29 is 19.6 Å². The molecule has 158 valence electrons. The van der Waals surface area contributed by atoms with E-state index in [1.807, 2.05) is 42.5 Å². The van der Waals surface area contributed by atoms with E-state index in [9.17, 15) is 14.4 Å². The molecule has 8 nitrogen and oxygen atoms in total. The van der Waals surface area contributed by atoms with E-state index in [2.05, 4.69) is 16.0 Å². The highest BCUT2D eigenvalue weighted by atomic mass is 16.5. The first-order valence-corrected chi connectivity index (χ1v) is 9.91. The van der Waals surface area contributed by atoms with E-state index < -0.39 is 23.9 Å². The molecule has 2 aromatic rings. The molecule has 1 aliphatic carbocycles. The van der Waals surface area contributed by atoms with Crippen LogP contribution in [0.3, 0.4) is 0 Å². The quantitative estimate of drug-likeness (QED) is 0.315. The summed E-state index contributed by atoms with van der Waals surface area (Å²) >= 11 is 0. The van der Waals surface area contributed by atoms with E-state index in [1.54, 1.807) is 24.5 Å². The average Bonchev–Trinajstić information content (AvgIpc) is 3.60. The van der Waals surface area contributed by atoms with Crippen molar-refractivity contribution in [2.75, 3.05) is 6.54 Å². The van der Waals surface area contributed by atoms with E-state index >= 15 is 0 Å². The summed E-state index contributed by atoms with van der Waals surface area (Å²) < 4.78 is 0. The standard InChI is InChI=1S/C22H26N4O4/c1-14(24-19(27)13-23-18-11-12-18)20(22(29)26-30)25-21(28)17-9-7-16(8-10-17)15-5-3-2-4-6-15/h2-10,14,18,20,23,30H,11-13H2,1H3,(H,24,27)(H,25,28)(H,26,29)/t14-,20-/m0/s1. The molecule has 3 rings (SSSR count). The molecule has 0 radical (unpaired) electrons. The van der Waals surface area contributed by atoms with E-state index in [0.717, 1.165) is 24.0 Å². The van der Waals surface area contributed by atoms with Gasteiger partial charge in [-0.3, -0.25) is 19.6 Å². The highest BCUT2D eigenvalue weighted by molar-refractivity contribution is 5.98. The van der Waals surface area contributed by atoms with Gasteiger partial charge in [-0.05, 0) is 43.0 Å². The molecule has 1 saturated carbocycles. The van der Waals surface area contributed by atoms with Crippen LogP contribution < -0.4 is 21.4 Å². The molecule has 0 saturated heterocycles. The number of nitrogens with one attached hydrogen (secondary N) is 4. The summed E-state index contributed by atoms with van der Waals surface area (Å²) in [5, 5.41) is 17.4. The van der Waals surface area contributed by atoms with Gasteiger partial charge in [0.05, 0.1) is 12.6 Å². The largest absolute Gasteiger partial charge is 0.350 e. The molecule has 2 aromatic carbocycles. The SMILES string of the molecule is C[C@H](NC(=O)CNC1CC1)[C@H](NC(=O)c1ccc(-c2ccccc2)cc1)C(=O)NO. The van der Waals surface area contributed by atoms with Crippen molar-refractivity contribution in [2.45, 2.75) is 37.9 Å². The first kappa shape index (κ1) is 21.5. The van der Waals surface area contributed by atoms with Gasteiger partial charge < -0.3 is 16.0 Å².